The van der Waals surface area contributed by atoms with Crippen molar-refractivity contribution in [1.29, 1.82) is 0 Å². The molecule has 0 heterocycles. The van der Waals surface area contributed by atoms with E-state index >= 15 is 0 Å². The molecule has 0 amide bonds. The van der Waals surface area contributed by atoms with E-state index in [1.807, 2.05) is 0 Å². The van der Waals surface area contributed by atoms with Crippen LogP contribution in [-0.2, 0) is 25.2 Å². The SMILES string of the molecule is C1CCC(P(C2CCCCC2)C2CCCCC2)CC1.C=CCOCC=C.[Pd+2]. The van der Waals surface area contributed by atoms with Crippen LogP contribution < -0.4 is 0 Å². The predicted octanol–water partition coefficient (Wildman–Crippen LogP) is 7.84. The van der Waals surface area contributed by atoms with Crippen LogP contribution in [0.15, 0.2) is 25.3 Å². The van der Waals surface area contributed by atoms with Gasteiger partial charge in [0.05, 0.1) is 13.2 Å². The first-order valence-electron chi connectivity index (χ1n) is 11.4. The number of hydrogen-bond acceptors (Lipinski definition) is 1. The average molecular weight is 485 g/mol. The molecule has 3 saturated carbocycles. The van der Waals surface area contributed by atoms with E-state index in [1.54, 1.807) is 89.2 Å². The molecule has 0 aliphatic heterocycles. The second kappa shape index (κ2) is 16.3. The minimum Gasteiger partial charge on any atom is -0.373 e. The molecule has 0 bridgehead atoms. The number of ether oxygens (including phenoxy) is 1. The van der Waals surface area contributed by atoms with Crippen LogP contribution >= 0.6 is 7.92 Å². The van der Waals surface area contributed by atoms with Gasteiger partial charge in [-0.05, 0) is 55.5 Å². The Hall–Kier alpha value is 0.532. The predicted molar refractivity (Wildman–Crippen MR) is 119 cm³/mol. The van der Waals surface area contributed by atoms with Gasteiger partial charge in [-0.25, -0.2) is 0 Å². The molecular weight excluding hydrogens is 442 g/mol. The Morgan fingerprint density at radius 2 is 0.889 bits per heavy atom. The van der Waals surface area contributed by atoms with Crippen molar-refractivity contribution in [3.05, 3.63) is 25.3 Å². The van der Waals surface area contributed by atoms with Crippen LogP contribution in [0.2, 0.25) is 0 Å². The summed E-state index contributed by atoms with van der Waals surface area (Å²) in [6.45, 7) is 8.18. The maximum Gasteiger partial charge on any atom is 2.00 e. The average Bonchev–Trinajstić information content (AvgIpc) is 2.72. The molecule has 0 aromatic heterocycles. The summed E-state index contributed by atoms with van der Waals surface area (Å²) in [4.78, 5) is 0. The van der Waals surface area contributed by atoms with Crippen molar-refractivity contribution in [3.63, 3.8) is 0 Å². The first kappa shape index (κ1) is 25.6. The summed E-state index contributed by atoms with van der Waals surface area (Å²) in [6.07, 6.45) is 27.0. The zero-order valence-corrected chi connectivity index (χ0v) is 19.9. The van der Waals surface area contributed by atoms with Gasteiger partial charge in [-0.3, -0.25) is 0 Å². The topological polar surface area (TPSA) is 9.23 Å². The van der Waals surface area contributed by atoms with Gasteiger partial charge in [-0.2, -0.15) is 0 Å². The van der Waals surface area contributed by atoms with Gasteiger partial charge in [0.15, 0.2) is 0 Å². The molecule has 3 heteroatoms. The summed E-state index contributed by atoms with van der Waals surface area (Å²) in [7, 11) is 0.385. The van der Waals surface area contributed by atoms with Crippen molar-refractivity contribution in [2.45, 2.75) is 113 Å². The zero-order chi connectivity index (χ0) is 18.5. The normalized spacial score (nSPS) is 22.4. The van der Waals surface area contributed by atoms with Crippen LogP contribution in [0, 0.1) is 0 Å². The molecule has 0 atom stereocenters. The number of rotatable bonds is 7. The van der Waals surface area contributed by atoms with Crippen LogP contribution in [-0.4, -0.2) is 30.2 Å². The fraction of sp³-hybridized carbons (Fsp3) is 0.833. The minimum atomic E-state index is 0. The second-order valence-electron chi connectivity index (χ2n) is 8.44. The molecule has 0 saturated heterocycles. The van der Waals surface area contributed by atoms with Gasteiger partial charge < -0.3 is 4.74 Å². The molecule has 0 N–H and O–H groups in total. The molecule has 3 aliphatic rings. The molecule has 0 spiro atoms. The molecular formula is C24H43OPPd+2. The summed E-state index contributed by atoms with van der Waals surface area (Å²) < 4.78 is 4.90. The van der Waals surface area contributed by atoms with Crippen LogP contribution in [0.4, 0.5) is 0 Å². The van der Waals surface area contributed by atoms with Crippen molar-refractivity contribution in [1.82, 2.24) is 0 Å². The Labute approximate surface area is 184 Å². The van der Waals surface area contributed by atoms with Gasteiger partial charge in [0.2, 0.25) is 0 Å². The fourth-order valence-corrected chi connectivity index (χ4v) is 9.94. The third-order valence-corrected chi connectivity index (χ3v) is 10.5. The molecule has 0 aromatic rings. The minimum absolute atomic E-state index is 0. The first-order valence-corrected chi connectivity index (χ1v) is 13.0. The van der Waals surface area contributed by atoms with E-state index in [4.69, 9.17) is 4.74 Å². The van der Waals surface area contributed by atoms with E-state index < -0.39 is 0 Å². The molecule has 27 heavy (non-hydrogen) atoms. The molecule has 3 fully saturated rings. The number of hydrogen-bond donors (Lipinski definition) is 0. The summed E-state index contributed by atoms with van der Waals surface area (Å²) in [5, 5.41) is 0. The fourth-order valence-electron chi connectivity index (χ4n) is 5.27. The Kier molecular flexibility index (Phi) is 15.5. The second-order valence-corrected chi connectivity index (χ2v) is 11.5. The van der Waals surface area contributed by atoms with E-state index in [1.165, 1.54) is 36.2 Å². The van der Waals surface area contributed by atoms with Gasteiger partial charge in [0.25, 0.3) is 0 Å². The van der Waals surface area contributed by atoms with Crippen LogP contribution in [0.1, 0.15) is 96.3 Å². The molecule has 158 valence electrons. The third kappa shape index (κ3) is 9.72. The molecule has 1 nitrogen and oxygen atoms in total. The van der Waals surface area contributed by atoms with Gasteiger partial charge in [0.1, 0.15) is 0 Å². The van der Waals surface area contributed by atoms with Gasteiger partial charge in [0, 0.05) is 0 Å². The van der Waals surface area contributed by atoms with Crippen molar-refractivity contribution in [2.75, 3.05) is 13.2 Å². The van der Waals surface area contributed by atoms with Crippen LogP contribution in [0.5, 0.6) is 0 Å². The van der Waals surface area contributed by atoms with Crippen molar-refractivity contribution in [3.8, 4) is 0 Å². The quantitative estimate of drug-likeness (QED) is 0.155. The van der Waals surface area contributed by atoms with E-state index in [-0.39, 0.29) is 20.4 Å². The third-order valence-electron chi connectivity index (χ3n) is 6.46. The molecule has 0 aromatic carbocycles. The maximum absolute atomic E-state index is 4.90. The smallest absolute Gasteiger partial charge is 0.373 e. The van der Waals surface area contributed by atoms with E-state index in [9.17, 15) is 0 Å². The molecule has 0 radical (unpaired) electrons. The Morgan fingerprint density at radius 1 is 0.593 bits per heavy atom. The summed E-state index contributed by atoms with van der Waals surface area (Å²) in [5.74, 6) is 0. The monoisotopic (exact) mass is 484 g/mol. The van der Waals surface area contributed by atoms with Crippen LogP contribution in [0.25, 0.3) is 0 Å². The Bertz CT molecular complexity index is 318. The molecule has 3 rings (SSSR count). The van der Waals surface area contributed by atoms with Crippen molar-refractivity contribution >= 4 is 7.92 Å². The van der Waals surface area contributed by atoms with E-state index in [2.05, 4.69) is 13.2 Å². The van der Waals surface area contributed by atoms with Gasteiger partial charge >= 0.3 is 20.4 Å². The van der Waals surface area contributed by atoms with Crippen molar-refractivity contribution in [2.24, 2.45) is 0 Å². The Balaban J connectivity index is 0.000000395. The molecule has 0 unspecified atom stereocenters. The first-order chi connectivity index (χ1) is 12.9. The summed E-state index contributed by atoms with van der Waals surface area (Å²) >= 11 is 0. The summed E-state index contributed by atoms with van der Waals surface area (Å²) in [5.41, 5.74) is 3.57. The van der Waals surface area contributed by atoms with E-state index in [0.29, 0.717) is 21.1 Å². The van der Waals surface area contributed by atoms with E-state index in [0.717, 1.165) is 0 Å². The maximum atomic E-state index is 4.90. The van der Waals surface area contributed by atoms with Gasteiger partial charge in [-0.1, -0.05) is 77.9 Å². The van der Waals surface area contributed by atoms with Gasteiger partial charge in [-0.15, -0.1) is 13.2 Å². The van der Waals surface area contributed by atoms with Crippen LogP contribution in [0.3, 0.4) is 0 Å². The van der Waals surface area contributed by atoms with Crippen molar-refractivity contribution < 1.29 is 25.2 Å². The largest absolute Gasteiger partial charge is 2.00 e. The summed E-state index contributed by atoms with van der Waals surface area (Å²) in [6, 6.07) is 0. The zero-order valence-electron chi connectivity index (χ0n) is 17.5. The molecule has 3 aliphatic carbocycles. The standard InChI is InChI=1S/C18H33P.C6H10O.Pd/c1-4-10-16(11-5-1)19(17-12-6-2-7-13-17)18-14-8-3-9-15-18;1-3-5-7-6-4-2;/h16-18H,1-15H2;3-4H,1-2,5-6H2;/q;;+2. The Morgan fingerprint density at radius 3 is 1.15 bits per heavy atom.